The number of benzene rings is 2. The van der Waals surface area contributed by atoms with Crippen molar-refractivity contribution in [3.05, 3.63) is 59.9 Å². The summed E-state index contributed by atoms with van der Waals surface area (Å²) in [5.41, 5.74) is 3.63. The molecule has 2 rings (SSSR count). The van der Waals surface area contributed by atoms with Crippen molar-refractivity contribution in [3.63, 3.8) is 0 Å². The zero-order valence-corrected chi connectivity index (χ0v) is 18.1. The highest BCUT2D eigenvalue weighted by Crippen LogP contribution is 2.25. The van der Waals surface area contributed by atoms with Gasteiger partial charge in [0.1, 0.15) is 0 Å². The van der Waals surface area contributed by atoms with E-state index in [-0.39, 0.29) is 11.8 Å². The molecule has 0 fully saturated rings. The standard InChI is InChI=1S/C24H30N2O4/c1-5-6-7-15-25-24(28)26(2)21-10-8-9-20(17-21)19-13-11-18(12-14-19)16-22(29-3)23(27)30-4/h8-14,16-17H,5-7,15H2,1-4H3,(H,25,28)/b22-16-. The summed E-state index contributed by atoms with van der Waals surface area (Å²) in [7, 11) is 4.51. The highest BCUT2D eigenvalue weighted by Gasteiger charge is 2.12. The van der Waals surface area contributed by atoms with E-state index < -0.39 is 5.97 Å². The molecule has 6 nitrogen and oxygen atoms in total. The fourth-order valence-corrected chi connectivity index (χ4v) is 2.93. The van der Waals surface area contributed by atoms with Crippen LogP contribution in [0.5, 0.6) is 0 Å². The highest BCUT2D eigenvalue weighted by molar-refractivity contribution is 5.92. The van der Waals surface area contributed by atoms with Gasteiger partial charge in [0.25, 0.3) is 0 Å². The first-order valence-corrected chi connectivity index (χ1v) is 10.1. The number of hydrogen-bond acceptors (Lipinski definition) is 4. The molecule has 0 aromatic heterocycles. The van der Waals surface area contributed by atoms with Crippen molar-refractivity contribution >= 4 is 23.8 Å². The molecule has 0 radical (unpaired) electrons. The lowest BCUT2D eigenvalue weighted by molar-refractivity contribution is -0.139. The second kappa shape index (κ2) is 11.7. The second-order valence-electron chi connectivity index (χ2n) is 6.87. The van der Waals surface area contributed by atoms with Crippen LogP contribution in [0.2, 0.25) is 0 Å². The molecule has 0 spiro atoms. The molecule has 0 heterocycles. The van der Waals surface area contributed by atoms with E-state index in [0.29, 0.717) is 6.54 Å². The van der Waals surface area contributed by atoms with Gasteiger partial charge in [-0.1, -0.05) is 56.2 Å². The first-order chi connectivity index (χ1) is 14.5. The molecular formula is C24H30N2O4. The van der Waals surface area contributed by atoms with E-state index in [1.165, 1.54) is 14.2 Å². The number of rotatable bonds is 9. The lowest BCUT2D eigenvalue weighted by atomic mass is 10.0. The summed E-state index contributed by atoms with van der Waals surface area (Å²) < 4.78 is 9.76. The van der Waals surface area contributed by atoms with Crippen LogP contribution in [-0.2, 0) is 14.3 Å². The van der Waals surface area contributed by atoms with Gasteiger partial charge in [0, 0.05) is 19.3 Å². The molecule has 1 N–H and O–H groups in total. The Kier molecular flexibility index (Phi) is 8.94. The molecule has 0 bridgehead atoms. The summed E-state index contributed by atoms with van der Waals surface area (Å²) in [5.74, 6) is -0.385. The topological polar surface area (TPSA) is 67.9 Å². The third kappa shape index (κ3) is 6.37. The average Bonchev–Trinajstić information content (AvgIpc) is 2.79. The Labute approximate surface area is 178 Å². The maximum atomic E-state index is 12.4. The monoisotopic (exact) mass is 410 g/mol. The van der Waals surface area contributed by atoms with Crippen molar-refractivity contribution in [2.24, 2.45) is 0 Å². The highest BCUT2D eigenvalue weighted by atomic mass is 16.6. The van der Waals surface area contributed by atoms with Crippen LogP contribution in [0, 0.1) is 0 Å². The molecule has 0 saturated heterocycles. The van der Waals surface area contributed by atoms with Crippen molar-refractivity contribution in [1.82, 2.24) is 5.32 Å². The maximum Gasteiger partial charge on any atom is 0.373 e. The van der Waals surface area contributed by atoms with Gasteiger partial charge in [-0.25, -0.2) is 9.59 Å². The molecule has 160 valence electrons. The van der Waals surface area contributed by atoms with E-state index in [9.17, 15) is 9.59 Å². The quantitative estimate of drug-likeness (QED) is 0.278. The zero-order chi connectivity index (χ0) is 21.9. The van der Waals surface area contributed by atoms with Crippen LogP contribution < -0.4 is 10.2 Å². The van der Waals surface area contributed by atoms with Crippen molar-refractivity contribution in [1.29, 1.82) is 0 Å². The maximum absolute atomic E-state index is 12.4. The fourth-order valence-electron chi connectivity index (χ4n) is 2.93. The van der Waals surface area contributed by atoms with E-state index in [1.54, 1.807) is 18.0 Å². The molecule has 2 aromatic carbocycles. The Bertz CT molecular complexity index is 875. The largest absolute Gasteiger partial charge is 0.490 e. The summed E-state index contributed by atoms with van der Waals surface area (Å²) in [5, 5.41) is 2.95. The third-order valence-corrected chi connectivity index (χ3v) is 4.74. The number of carbonyl (C=O) groups is 2. The summed E-state index contributed by atoms with van der Waals surface area (Å²) in [6.45, 7) is 2.82. The van der Waals surface area contributed by atoms with Crippen LogP contribution in [-0.4, -0.2) is 39.8 Å². The van der Waals surface area contributed by atoms with Gasteiger partial charge in [-0.15, -0.1) is 0 Å². The van der Waals surface area contributed by atoms with E-state index in [4.69, 9.17) is 9.47 Å². The molecule has 2 aromatic rings. The first-order valence-electron chi connectivity index (χ1n) is 10.1. The van der Waals surface area contributed by atoms with Crippen molar-refractivity contribution in [2.45, 2.75) is 26.2 Å². The number of nitrogens with zero attached hydrogens (tertiary/aromatic N) is 1. The summed E-state index contributed by atoms with van der Waals surface area (Å²) in [4.78, 5) is 25.6. The minimum absolute atomic E-state index is 0.112. The van der Waals surface area contributed by atoms with E-state index in [2.05, 4.69) is 12.2 Å². The van der Waals surface area contributed by atoms with Crippen LogP contribution in [0.4, 0.5) is 10.5 Å². The number of unbranched alkanes of at least 4 members (excludes halogenated alkanes) is 2. The van der Waals surface area contributed by atoms with Crippen molar-refractivity contribution in [3.8, 4) is 11.1 Å². The Balaban J connectivity index is 2.12. The van der Waals surface area contributed by atoms with Gasteiger partial charge in [-0.3, -0.25) is 4.90 Å². The van der Waals surface area contributed by atoms with Gasteiger partial charge in [-0.05, 0) is 41.3 Å². The van der Waals surface area contributed by atoms with Gasteiger partial charge in [-0.2, -0.15) is 0 Å². The molecular weight excluding hydrogens is 380 g/mol. The number of urea groups is 1. The molecule has 0 aliphatic rings. The molecule has 30 heavy (non-hydrogen) atoms. The fraction of sp³-hybridized carbons (Fsp3) is 0.333. The van der Waals surface area contributed by atoms with Crippen LogP contribution in [0.15, 0.2) is 54.3 Å². The Morgan fingerprint density at radius 3 is 2.37 bits per heavy atom. The number of carbonyl (C=O) groups excluding carboxylic acids is 2. The van der Waals surface area contributed by atoms with Crippen molar-refractivity contribution < 1.29 is 19.1 Å². The molecule has 0 aliphatic carbocycles. The molecule has 0 unspecified atom stereocenters. The number of amides is 2. The first kappa shape index (κ1) is 23.0. The van der Waals surface area contributed by atoms with Gasteiger partial charge >= 0.3 is 12.0 Å². The van der Waals surface area contributed by atoms with Crippen molar-refractivity contribution in [2.75, 3.05) is 32.7 Å². The number of anilines is 1. The van der Waals surface area contributed by atoms with Gasteiger partial charge in [0.2, 0.25) is 5.76 Å². The van der Waals surface area contributed by atoms with Crippen LogP contribution >= 0.6 is 0 Å². The Morgan fingerprint density at radius 2 is 1.73 bits per heavy atom. The predicted octanol–water partition coefficient (Wildman–Crippen LogP) is 4.85. The van der Waals surface area contributed by atoms with E-state index in [1.807, 2.05) is 48.5 Å². The number of hydrogen-bond donors (Lipinski definition) is 1. The number of esters is 1. The minimum Gasteiger partial charge on any atom is -0.490 e. The van der Waals surface area contributed by atoms with Crippen LogP contribution in [0.3, 0.4) is 0 Å². The lowest BCUT2D eigenvalue weighted by Crippen LogP contribution is -2.37. The SMILES string of the molecule is CCCCCNC(=O)N(C)c1cccc(-c2ccc(/C=C(\OC)C(=O)OC)cc2)c1. The number of nitrogens with one attached hydrogen (secondary N) is 1. The molecule has 6 heteroatoms. The van der Waals surface area contributed by atoms with E-state index >= 15 is 0 Å². The average molecular weight is 411 g/mol. The van der Waals surface area contributed by atoms with Gasteiger partial charge in [0.05, 0.1) is 14.2 Å². The Hall–Kier alpha value is -3.28. The zero-order valence-electron chi connectivity index (χ0n) is 18.1. The smallest absolute Gasteiger partial charge is 0.373 e. The predicted molar refractivity (Wildman–Crippen MR) is 120 cm³/mol. The normalized spacial score (nSPS) is 11.0. The lowest BCUT2D eigenvalue weighted by Gasteiger charge is -2.19. The van der Waals surface area contributed by atoms with Gasteiger partial charge in [0.15, 0.2) is 0 Å². The molecule has 2 amide bonds. The Morgan fingerprint density at radius 1 is 1.00 bits per heavy atom. The van der Waals surface area contributed by atoms with E-state index in [0.717, 1.165) is 41.6 Å². The minimum atomic E-state index is -0.523. The van der Waals surface area contributed by atoms with Crippen LogP contribution in [0.1, 0.15) is 31.7 Å². The third-order valence-electron chi connectivity index (χ3n) is 4.74. The summed E-state index contributed by atoms with van der Waals surface area (Å²) in [6.07, 6.45) is 4.84. The summed E-state index contributed by atoms with van der Waals surface area (Å²) in [6, 6.07) is 15.4. The molecule has 0 atom stereocenters. The van der Waals surface area contributed by atoms with Crippen LogP contribution in [0.25, 0.3) is 17.2 Å². The molecule has 0 aliphatic heterocycles. The molecule has 0 saturated carbocycles. The summed E-state index contributed by atoms with van der Waals surface area (Å²) >= 11 is 0. The number of methoxy groups -OCH3 is 2. The second-order valence-corrected chi connectivity index (χ2v) is 6.87. The number of ether oxygens (including phenoxy) is 2. The van der Waals surface area contributed by atoms with Gasteiger partial charge < -0.3 is 14.8 Å².